The molecule has 1 N–H and O–H groups in total. The van der Waals surface area contributed by atoms with Crippen LogP contribution in [0.15, 0.2) is 134 Å². The van der Waals surface area contributed by atoms with E-state index in [1.165, 1.54) is 218 Å². The highest BCUT2D eigenvalue weighted by Crippen LogP contribution is 2.43. The SMILES string of the molecule is CC/C=C\C/C=C\C/C=C\C/C=C\C/C=C\C/C=C\C/C=C\CCCCCCCCCCCCCCCCCC(=O)OC(COC(=O)CCCCCCCCCCCCCCCCCCCCCCCCCC/C=C\C/C=C\C/C=C\C/C=C\CC)COP(=O)(O)OCC[N+](C)(C)C. The summed E-state index contributed by atoms with van der Waals surface area (Å²) in [5.74, 6) is -0.785. The summed E-state index contributed by atoms with van der Waals surface area (Å²) in [6.07, 6.45) is 113. The number of esters is 2. The van der Waals surface area contributed by atoms with Gasteiger partial charge in [-0.1, -0.05) is 372 Å². The lowest BCUT2D eigenvalue weighted by molar-refractivity contribution is -0.870. The average Bonchev–Trinajstić information content (AvgIpc) is 1.08. The summed E-state index contributed by atoms with van der Waals surface area (Å²) in [6.45, 7) is 4.25. The number of nitrogens with zero attached hydrogens (tertiary/aromatic N) is 1. The van der Waals surface area contributed by atoms with Crippen LogP contribution in [0.2, 0.25) is 0 Å². The lowest BCUT2D eigenvalue weighted by Gasteiger charge is -2.24. The minimum Gasteiger partial charge on any atom is -0.462 e. The predicted molar refractivity (Wildman–Crippen MR) is 427 cm³/mol. The number of likely N-dealkylation sites (N-methyl/N-ethyl adjacent to an activating group) is 1. The van der Waals surface area contributed by atoms with E-state index in [1.807, 2.05) is 21.1 Å². The molecule has 0 heterocycles. The minimum atomic E-state index is -4.40. The molecule has 0 radical (unpaired) electrons. The summed E-state index contributed by atoms with van der Waals surface area (Å²) in [6, 6.07) is 0. The molecule has 0 aromatic carbocycles. The smallest absolute Gasteiger partial charge is 0.462 e. The van der Waals surface area contributed by atoms with Crippen LogP contribution in [0.25, 0.3) is 0 Å². The van der Waals surface area contributed by atoms with Gasteiger partial charge in [-0.3, -0.25) is 18.6 Å². The molecule has 0 amide bonds. The first-order chi connectivity index (χ1) is 48.0. The molecule has 0 aliphatic heterocycles. The Hall–Kier alpha value is -3.85. The topological polar surface area (TPSA) is 108 Å². The fourth-order valence-electron chi connectivity index (χ4n) is 11.5. The van der Waals surface area contributed by atoms with Crippen molar-refractivity contribution in [3.05, 3.63) is 134 Å². The highest BCUT2D eigenvalue weighted by atomic mass is 31.2. The lowest BCUT2D eigenvalue weighted by Crippen LogP contribution is -2.37. The Labute approximate surface area is 606 Å². The second kappa shape index (κ2) is 77.3. The zero-order valence-electron chi connectivity index (χ0n) is 64.5. The van der Waals surface area contributed by atoms with E-state index in [2.05, 4.69) is 148 Å². The minimum absolute atomic E-state index is 0.0295. The summed E-state index contributed by atoms with van der Waals surface area (Å²) in [4.78, 5) is 36.0. The molecule has 9 nitrogen and oxygen atoms in total. The molecular weight excluding hydrogens is 1230 g/mol. The molecule has 2 unspecified atom stereocenters. The van der Waals surface area contributed by atoms with Gasteiger partial charge in [-0.15, -0.1) is 0 Å². The first-order valence-electron chi connectivity index (χ1n) is 40.9. The number of unbranched alkanes of at least 4 members (excludes halogenated alkanes) is 39. The average molecular weight is 1390 g/mol. The second-order valence-electron chi connectivity index (χ2n) is 28.4. The second-order valence-corrected chi connectivity index (χ2v) is 29.8. The van der Waals surface area contributed by atoms with Crippen LogP contribution in [0.1, 0.15) is 361 Å². The molecule has 0 aliphatic carbocycles. The van der Waals surface area contributed by atoms with Crippen molar-refractivity contribution < 1.29 is 42.1 Å². The molecule has 0 bridgehead atoms. The molecule has 0 aliphatic rings. The Morgan fingerprint density at radius 2 is 0.551 bits per heavy atom. The van der Waals surface area contributed by atoms with Crippen molar-refractivity contribution in [2.45, 2.75) is 367 Å². The molecule has 0 aromatic rings. The van der Waals surface area contributed by atoms with Crippen molar-refractivity contribution in [1.29, 1.82) is 0 Å². The third-order valence-corrected chi connectivity index (χ3v) is 18.7. The Kier molecular flexibility index (Phi) is 74.3. The monoisotopic (exact) mass is 1390 g/mol. The quantitative estimate of drug-likeness (QED) is 0.0211. The van der Waals surface area contributed by atoms with Gasteiger partial charge in [0.05, 0.1) is 27.7 Å². The number of phosphoric acid groups is 1. The van der Waals surface area contributed by atoms with Crippen molar-refractivity contribution in [3.8, 4) is 0 Å². The highest BCUT2D eigenvalue weighted by Gasteiger charge is 2.27. The van der Waals surface area contributed by atoms with Crippen LogP contribution in [0, 0.1) is 0 Å². The first kappa shape index (κ1) is 94.2. The van der Waals surface area contributed by atoms with Crippen molar-refractivity contribution in [2.24, 2.45) is 0 Å². The predicted octanol–water partition coefficient (Wildman–Crippen LogP) is 27.5. The molecule has 564 valence electrons. The van der Waals surface area contributed by atoms with E-state index in [4.69, 9.17) is 18.5 Å². The van der Waals surface area contributed by atoms with Gasteiger partial charge >= 0.3 is 19.8 Å². The first-order valence-corrected chi connectivity index (χ1v) is 42.4. The number of carbonyl (C=O) groups excluding carboxylic acids is 2. The molecule has 0 spiro atoms. The van der Waals surface area contributed by atoms with Gasteiger partial charge < -0.3 is 18.9 Å². The van der Waals surface area contributed by atoms with Crippen LogP contribution in [0.5, 0.6) is 0 Å². The van der Waals surface area contributed by atoms with E-state index in [0.717, 1.165) is 109 Å². The molecule has 0 rings (SSSR count). The van der Waals surface area contributed by atoms with Crippen LogP contribution in [0.3, 0.4) is 0 Å². The molecule has 0 saturated heterocycles. The number of hydrogen-bond donors (Lipinski definition) is 1. The van der Waals surface area contributed by atoms with E-state index < -0.39 is 26.5 Å². The molecule has 98 heavy (non-hydrogen) atoms. The van der Waals surface area contributed by atoms with Crippen LogP contribution in [0.4, 0.5) is 0 Å². The summed E-state index contributed by atoms with van der Waals surface area (Å²) >= 11 is 0. The zero-order valence-corrected chi connectivity index (χ0v) is 65.4. The zero-order chi connectivity index (χ0) is 71.1. The van der Waals surface area contributed by atoms with Gasteiger partial charge in [0.1, 0.15) is 19.8 Å². The van der Waals surface area contributed by atoms with E-state index in [-0.39, 0.29) is 32.0 Å². The highest BCUT2D eigenvalue weighted by molar-refractivity contribution is 7.47. The number of quaternary nitrogens is 1. The van der Waals surface area contributed by atoms with Gasteiger partial charge in [0.15, 0.2) is 6.10 Å². The Bertz CT molecular complexity index is 2120. The van der Waals surface area contributed by atoms with E-state index in [1.54, 1.807) is 0 Å². The normalized spacial score (nSPS) is 13.7. The van der Waals surface area contributed by atoms with Crippen molar-refractivity contribution >= 4 is 19.8 Å². The van der Waals surface area contributed by atoms with Gasteiger partial charge in [0.25, 0.3) is 0 Å². The number of carbonyl (C=O) groups is 2. The third kappa shape index (κ3) is 81.1. The summed E-state index contributed by atoms with van der Waals surface area (Å²) in [5.41, 5.74) is 0. The summed E-state index contributed by atoms with van der Waals surface area (Å²) in [5, 5.41) is 0. The molecule has 10 heteroatoms. The third-order valence-electron chi connectivity index (χ3n) is 17.7. The van der Waals surface area contributed by atoms with Crippen molar-refractivity contribution in [1.82, 2.24) is 0 Å². The van der Waals surface area contributed by atoms with Gasteiger partial charge in [-0.25, -0.2) is 4.57 Å². The maximum absolute atomic E-state index is 12.9. The summed E-state index contributed by atoms with van der Waals surface area (Å²) < 4.78 is 34.8. The van der Waals surface area contributed by atoms with Gasteiger partial charge in [-0.05, 0) is 109 Å². The largest absolute Gasteiger partial charge is 0.472 e. The maximum atomic E-state index is 12.9. The number of ether oxygens (including phenoxy) is 2. The molecule has 2 atom stereocenters. The van der Waals surface area contributed by atoms with E-state index >= 15 is 0 Å². The van der Waals surface area contributed by atoms with Crippen LogP contribution in [-0.4, -0.2) is 74.9 Å². The van der Waals surface area contributed by atoms with Gasteiger partial charge in [0.2, 0.25) is 0 Å². The van der Waals surface area contributed by atoms with Crippen molar-refractivity contribution in [3.63, 3.8) is 0 Å². The number of allylic oxidation sites excluding steroid dienone is 22. The van der Waals surface area contributed by atoms with Gasteiger partial charge in [0, 0.05) is 12.8 Å². The standard InChI is InChI=1S/C88H154NO8P/c1-6-8-10-12-14-16-18-20-22-24-26-28-30-32-34-36-38-40-42-44-46-48-50-52-54-56-58-60-62-64-66-68-70-72-74-76-78-80-87(90)94-84-86(85-96-98(92,93)95-83-82-89(3,4)5)97-88(91)81-79-77-75-73-71-69-67-65-63-61-59-57-55-53-51-49-47-45-43-41-39-37-35-33-31-29-27-25-23-21-19-17-15-13-11-9-7-2/h8-11,14-17,20-23,26-29,33,35,39,41,45,47,86H,6-7,12-13,18-19,24-25,30-32,34,36-38,40,42-44,46,48-85H2,1-5H3/p+1/b10-8-,11-9-,16-14-,17-15-,22-20-,23-21-,28-26-,29-27-,35-33-,41-39-,47-45-. The number of hydrogen-bond acceptors (Lipinski definition) is 7. The van der Waals surface area contributed by atoms with Crippen LogP contribution >= 0.6 is 7.82 Å². The number of phosphoric ester groups is 1. The fraction of sp³-hybridized carbons (Fsp3) is 0.727. The lowest BCUT2D eigenvalue weighted by atomic mass is 10.0. The molecule has 0 aromatic heterocycles. The molecular formula is C88H155NO8P+. The van der Waals surface area contributed by atoms with Crippen molar-refractivity contribution in [2.75, 3.05) is 47.5 Å². The van der Waals surface area contributed by atoms with E-state index in [9.17, 15) is 19.0 Å². The Balaban J connectivity index is 3.95. The van der Waals surface area contributed by atoms with Gasteiger partial charge in [-0.2, -0.15) is 0 Å². The Morgan fingerprint density at radius 3 is 0.816 bits per heavy atom. The fourth-order valence-corrected chi connectivity index (χ4v) is 12.3. The van der Waals surface area contributed by atoms with Crippen LogP contribution < -0.4 is 0 Å². The summed E-state index contributed by atoms with van der Waals surface area (Å²) in [7, 11) is 1.48. The van der Waals surface area contributed by atoms with E-state index in [0.29, 0.717) is 17.4 Å². The molecule has 0 fully saturated rings. The Morgan fingerprint density at radius 1 is 0.316 bits per heavy atom. The maximum Gasteiger partial charge on any atom is 0.472 e. The number of rotatable bonds is 75. The van der Waals surface area contributed by atoms with Crippen LogP contribution in [-0.2, 0) is 32.7 Å². The molecule has 0 saturated carbocycles.